The van der Waals surface area contributed by atoms with Gasteiger partial charge in [-0.25, -0.2) is 0 Å². The molecule has 12 heavy (non-hydrogen) atoms. The third-order valence-corrected chi connectivity index (χ3v) is 2.59. The predicted molar refractivity (Wildman–Crippen MR) is 47.7 cm³/mol. The van der Waals surface area contributed by atoms with Crippen molar-refractivity contribution >= 4 is 25.4 Å². The van der Waals surface area contributed by atoms with E-state index in [9.17, 15) is 9.36 Å². The first-order valence-corrected chi connectivity index (χ1v) is 5.89. The van der Waals surface area contributed by atoms with Crippen molar-refractivity contribution in [1.29, 1.82) is 0 Å². The zero-order valence-electron chi connectivity index (χ0n) is 6.59. The summed E-state index contributed by atoms with van der Waals surface area (Å²) in [6.45, 7) is 0.366. The summed E-state index contributed by atoms with van der Waals surface area (Å²) in [5.74, 6) is -0.556. The maximum Gasteiger partial charge on any atom is 0.303 e. The SMILES string of the molecule is O=C(O)CC[PH](=O)COCCCl. The van der Waals surface area contributed by atoms with Crippen LogP contribution < -0.4 is 0 Å². The molecular weight excluding hydrogens is 202 g/mol. The number of halogens is 1. The lowest BCUT2D eigenvalue weighted by Gasteiger charge is -2.00. The Morgan fingerprint density at radius 3 is 2.75 bits per heavy atom. The Morgan fingerprint density at radius 2 is 2.25 bits per heavy atom. The monoisotopic (exact) mass is 214 g/mol. The molecule has 0 fully saturated rings. The van der Waals surface area contributed by atoms with Gasteiger partial charge in [0, 0.05) is 12.0 Å². The molecule has 0 heterocycles. The average Bonchev–Trinajstić information content (AvgIpc) is 2.01. The van der Waals surface area contributed by atoms with Gasteiger partial charge >= 0.3 is 5.97 Å². The molecule has 0 amide bonds. The molecule has 0 spiro atoms. The van der Waals surface area contributed by atoms with E-state index in [0.29, 0.717) is 12.5 Å². The van der Waals surface area contributed by atoms with Crippen molar-refractivity contribution in [3.8, 4) is 0 Å². The molecule has 0 aliphatic heterocycles. The highest BCUT2D eigenvalue weighted by atomic mass is 35.5. The summed E-state index contributed by atoms with van der Waals surface area (Å²) in [5, 5.41) is 8.25. The summed E-state index contributed by atoms with van der Waals surface area (Å²) in [6.07, 6.45) is 0.301. The van der Waals surface area contributed by atoms with Gasteiger partial charge in [-0.1, -0.05) is 0 Å². The summed E-state index contributed by atoms with van der Waals surface area (Å²) in [5.41, 5.74) is 0. The molecule has 0 aliphatic carbocycles. The zero-order chi connectivity index (χ0) is 9.40. The van der Waals surface area contributed by atoms with Gasteiger partial charge in [-0.3, -0.25) is 4.79 Å². The van der Waals surface area contributed by atoms with E-state index in [1.807, 2.05) is 0 Å². The molecule has 0 radical (unpaired) electrons. The van der Waals surface area contributed by atoms with Crippen LogP contribution in [0.15, 0.2) is 0 Å². The fourth-order valence-corrected chi connectivity index (χ4v) is 1.68. The Morgan fingerprint density at radius 1 is 1.58 bits per heavy atom. The molecule has 0 rings (SSSR count). The molecule has 4 nitrogen and oxygen atoms in total. The van der Waals surface area contributed by atoms with Gasteiger partial charge in [0.25, 0.3) is 0 Å². The Balaban J connectivity index is 3.28. The van der Waals surface area contributed by atoms with E-state index in [4.69, 9.17) is 21.4 Å². The van der Waals surface area contributed by atoms with Crippen molar-refractivity contribution in [2.45, 2.75) is 6.42 Å². The number of carboxylic acid groups (broad SMARTS) is 1. The van der Waals surface area contributed by atoms with E-state index in [2.05, 4.69) is 0 Å². The molecule has 0 aromatic rings. The maximum atomic E-state index is 11.0. The standard InChI is InChI=1S/C6H12ClO4P/c7-2-3-11-5-12(10)4-1-6(8)9/h12H,1-5H2,(H,8,9). The van der Waals surface area contributed by atoms with Crippen LogP contribution in [0.25, 0.3) is 0 Å². The Bertz CT molecular complexity index is 162. The lowest BCUT2D eigenvalue weighted by molar-refractivity contribution is -0.136. The lowest BCUT2D eigenvalue weighted by Crippen LogP contribution is -1.99. The minimum absolute atomic E-state index is 0.0535. The molecule has 0 aliphatic rings. The quantitative estimate of drug-likeness (QED) is 0.393. The summed E-state index contributed by atoms with van der Waals surface area (Å²) >= 11 is 5.30. The molecule has 6 heteroatoms. The third kappa shape index (κ3) is 8.05. The summed E-state index contributed by atoms with van der Waals surface area (Å²) in [6, 6.07) is 0. The topological polar surface area (TPSA) is 63.6 Å². The first-order valence-electron chi connectivity index (χ1n) is 3.54. The van der Waals surface area contributed by atoms with E-state index >= 15 is 0 Å². The minimum atomic E-state index is -1.87. The second kappa shape index (κ2) is 7.59. The van der Waals surface area contributed by atoms with E-state index in [-0.39, 0.29) is 18.9 Å². The van der Waals surface area contributed by atoms with Crippen LogP contribution in [0.2, 0.25) is 0 Å². The van der Waals surface area contributed by atoms with Gasteiger partial charge in [0.15, 0.2) is 0 Å². The molecular formula is C6H12ClO4P. The molecule has 0 aromatic carbocycles. The van der Waals surface area contributed by atoms with Crippen LogP contribution in [0.1, 0.15) is 6.42 Å². The van der Waals surface area contributed by atoms with Gasteiger partial charge in [-0.2, -0.15) is 0 Å². The highest BCUT2D eigenvalue weighted by molar-refractivity contribution is 7.44. The fraction of sp³-hybridized carbons (Fsp3) is 0.833. The number of carboxylic acids is 1. The third-order valence-electron chi connectivity index (χ3n) is 1.10. The Hall–Kier alpha value is -0.0500. The van der Waals surface area contributed by atoms with Crippen LogP contribution in [-0.2, 0) is 14.1 Å². The van der Waals surface area contributed by atoms with Crippen molar-refractivity contribution in [3.63, 3.8) is 0 Å². The highest BCUT2D eigenvalue weighted by Crippen LogP contribution is 2.20. The summed E-state index contributed by atoms with van der Waals surface area (Å²) < 4.78 is 15.9. The van der Waals surface area contributed by atoms with Crippen LogP contribution in [0, 0.1) is 0 Å². The van der Waals surface area contributed by atoms with Gasteiger partial charge in [-0.05, 0) is 0 Å². The van der Waals surface area contributed by atoms with Crippen LogP contribution >= 0.6 is 19.4 Å². The number of carbonyl (C=O) groups is 1. The number of rotatable bonds is 7. The Labute approximate surface area is 76.6 Å². The largest absolute Gasteiger partial charge is 0.481 e. The van der Waals surface area contributed by atoms with E-state index in [1.54, 1.807) is 0 Å². The van der Waals surface area contributed by atoms with E-state index < -0.39 is 13.8 Å². The molecule has 0 saturated carbocycles. The molecule has 1 N–H and O–H groups in total. The first kappa shape index (κ1) is 11.9. The molecule has 72 valence electrons. The maximum absolute atomic E-state index is 11.0. The minimum Gasteiger partial charge on any atom is -0.481 e. The Kier molecular flexibility index (Phi) is 7.56. The first-order chi connectivity index (χ1) is 5.66. The molecule has 0 saturated heterocycles. The highest BCUT2D eigenvalue weighted by Gasteiger charge is 2.03. The lowest BCUT2D eigenvalue weighted by atomic mass is 10.5. The average molecular weight is 215 g/mol. The number of ether oxygens (including phenoxy) is 1. The van der Waals surface area contributed by atoms with Gasteiger partial charge in [0.1, 0.15) is 7.80 Å². The summed E-state index contributed by atoms with van der Waals surface area (Å²) in [7, 11) is -1.87. The van der Waals surface area contributed by atoms with Crippen LogP contribution in [0.4, 0.5) is 0 Å². The number of aliphatic carboxylic acids is 1. The van der Waals surface area contributed by atoms with Gasteiger partial charge in [0.05, 0.1) is 19.4 Å². The van der Waals surface area contributed by atoms with Crippen molar-refractivity contribution in [3.05, 3.63) is 0 Å². The summed E-state index contributed by atoms with van der Waals surface area (Å²) in [4.78, 5) is 10.0. The van der Waals surface area contributed by atoms with E-state index in [0.717, 1.165) is 0 Å². The fourth-order valence-electron chi connectivity index (χ4n) is 0.559. The van der Waals surface area contributed by atoms with Crippen molar-refractivity contribution in [1.82, 2.24) is 0 Å². The predicted octanol–water partition coefficient (Wildman–Crippen LogP) is 1.23. The number of alkyl halides is 1. The zero-order valence-corrected chi connectivity index (χ0v) is 8.34. The van der Waals surface area contributed by atoms with Crippen LogP contribution in [-0.4, -0.2) is 36.1 Å². The normalized spacial score (nSPS) is 12.8. The van der Waals surface area contributed by atoms with Crippen LogP contribution in [0.3, 0.4) is 0 Å². The van der Waals surface area contributed by atoms with Crippen molar-refractivity contribution < 1.29 is 19.2 Å². The van der Waals surface area contributed by atoms with Gasteiger partial charge < -0.3 is 14.4 Å². The van der Waals surface area contributed by atoms with Crippen molar-refractivity contribution in [2.24, 2.45) is 0 Å². The van der Waals surface area contributed by atoms with Gasteiger partial charge in [-0.15, -0.1) is 11.6 Å². The molecule has 0 bridgehead atoms. The van der Waals surface area contributed by atoms with Gasteiger partial charge in [0.2, 0.25) is 0 Å². The van der Waals surface area contributed by atoms with Crippen LogP contribution in [0.5, 0.6) is 0 Å². The smallest absolute Gasteiger partial charge is 0.303 e. The molecule has 1 atom stereocenters. The molecule has 1 unspecified atom stereocenters. The number of hydrogen-bond acceptors (Lipinski definition) is 3. The second-order valence-corrected chi connectivity index (χ2v) is 4.42. The molecule has 0 aromatic heterocycles. The van der Waals surface area contributed by atoms with Crippen molar-refractivity contribution in [2.75, 3.05) is 25.0 Å². The number of hydrogen-bond donors (Lipinski definition) is 1. The van der Waals surface area contributed by atoms with E-state index in [1.165, 1.54) is 0 Å². The second-order valence-electron chi connectivity index (χ2n) is 2.17.